The molecule has 4 heteroatoms. The molecule has 1 rings (SSSR count). The smallest absolute Gasteiger partial charge is 0.141 e. The standard InChI is InChI=1S/C13H22N2OS/c1-5-14-12(10(2)9-17-4)13-11(16-3)7-6-8-15-13/h6-8,10,12,14H,5,9H2,1-4H3. The highest BCUT2D eigenvalue weighted by Gasteiger charge is 2.22. The maximum Gasteiger partial charge on any atom is 0.141 e. The van der Waals surface area contributed by atoms with Gasteiger partial charge in [0.15, 0.2) is 0 Å². The van der Waals surface area contributed by atoms with E-state index in [0.29, 0.717) is 5.92 Å². The van der Waals surface area contributed by atoms with Crippen LogP contribution in [0.5, 0.6) is 5.75 Å². The zero-order valence-electron chi connectivity index (χ0n) is 11.1. The Bertz CT molecular complexity index is 333. The first-order valence-electron chi connectivity index (χ1n) is 5.95. The lowest BCUT2D eigenvalue weighted by Gasteiger charge is -2.25. The van der Waals surface area contributed by atoms with Crippen LogP contribution >= 0.6 is 11.8 Å². The second-order valence-electron chi connectivity index (χ2n) is 4.06. The normalized spacial score (nSPS) is 14.4. The molecule has 1 N–H and O–H groups in total. The van der Waals surface area contributed by atoms with E-state index in [9.17, 15) is 0 Å². The molecule has 0 saturated heterocycles. The summed E-state index contributed by atoms with van der Waals surface area (Å²) in [5.41, 5.74) is 1.01. The molecule has 0 aromatic carbocycles. The Morgan fingerprint density at radius 1 is 1.53 bits per heavy atom. The number of thioether (sulfide) groups is 1. The third kappa shape index (κ3) is 3.89. The number of pyridine rings is 1. The lowest BCUT2D eigenvalue weighted by atomic mass is 9.99. The molecule has 1 heterocycles. The Balaban J connectivity index is 2.95. The van der Waals surface area contributed by atoms with Gasteiger partial charge in [0.25, 0.3) is 0 Å². The molecule has 1 aromatic heterocycles. The van der Waals surface area contributed by atoms with Crippen LogP contribution in [0.4, 0.5) is 0 Å². The lowest BCUT2D eigenvalue weighted by Crippen LogP contribution is -2.29. The number of rotatable bonds is 7. The number of methoxy groups -OCH3 is 1. The average molecular weight is 254 g/mol. The maximum atomic E-state index is 5.39. The second kappa shape index (κ2) is 7.56. The minimum atomic E-state index is 0.253. The van der Waals surface area contributed by atoms with E-state index in [1.54, 1.807) is 7.11 Å². The number of nitrogens with zero attached hydrogens (tertiary/aromatic N) is 1. The molecule has 2 unspecified atom stereocenters. The van der Waals surface area contributed by atoms with Gasteiger partial charge in [-0.25, -0.2) is 0 Å². The van der Waals surface area contributed by atoms with Gasteiger partial charge in [-0.3, -0.25) is 4.98 Å². The molecule has 0 fully saturated rings. The van der Waals surface area contributed by atoms with Crippen molar-refractivity contribution in [2.45, 2.75) is 19.9 Å². The number of ether oxygens (including phenoxy) is 1. The average Bonchev–Trinajstić information content (AvgIpc) is 2.36. The van der Waals surface area contributed by atoms with Gasteiger partial charge < -0.3 is 10.1 Å². The zero-order chi connectivity index (χ0) is 12.7. The molecular weight excluding hydrogens is 232 g/mol. The van der Waals surface area contributed by atoms with Crippen LogP contribution in [0.2, 0.25) is 0 Å². The molecule has 0 amide bonds. The van der Waals surface area contributed by atoms with Gasteiger partial charge >= 0.3 is 0 Å². The van der Waals surface area contributed by atoms with Crippen molar-refractivity contribution in [3.8, 4) is 5.75 Å². The van der Waals surface area contributed by atoms with E-state index in [4.69, 9.17) is 4.74 Å². The van der Waals surface area contributed by atoms with E-state index in [1.807, 2.05) is 30.1 Å². The van der Waals surface area contributed by atoms with E-state index < -0.39 is 0 Å². The lowest BCUT2D eigenvalue weighted by molar-refractivity contribution is 0.368. The predicted octanol–water partition coefficient (Wildman–Crippen LogP) is 2.74. The molecule has 0 aliphatic rings. The van der Waals surface area contributed by atoms with Crippen molar-refractivity contribution in [3.63, 3.8) is 0 Å². The third-order valence-electron chi connectivity index (χ3n) is 2.74. The van der Waals surface area contributed by atoms with Crippen LogP contribution in [-0.2, 0) is 0 Å². The van der Waals surface area contributed by atoms with Crippen molar-refractivity contribution in [2.24, 2.45) is 5.92 Å². The molecular formula is C13H22N2OS. The summed E-state index contributed by atoms with van der Waals surface area (Å²) in [4.78, 5) is 4.48. The number of aromatic nitrogens is 1. The van der Waals surface area contributed by atoms with E-state index in [0.717, 1.165) is 23.7 Å². The quantitative estimate of drug-likeness (QED) is 0.811. The van der Waals surface area contributed by atoms with Gasteiger partial charge in [0, 0.05) is 6.20 Å². The highest BCUT2D eigenvalue weighted by Crippen LogP contribution is 2.29. The summed E-state index contributed by atoms with van der Waals surface area (Å²) in [6.07, 6.45) is 3.96. The summed E-state index contributed by atoms with van der Waals surface area (Å²) in [6, 6.07) is 4.13. The number of hydrogen-bond acceptors (Lipinski definition) is 4. The SMILES string of the molecule is CCNC(c1ncccc1OC)C(C)CSC. The molecule has 0 aliphatic carbocycles. The fraction of sp³-hybridized carbons (Fsp3) is 0.615. The summed E-state index contributed by atoms with van der Waals surface area (Å²) >= 11 is 1.86. The van der Waals surface area contributed by atoms with Crippen LogP contribution in [-0.4, -0.2) is 30.6 Å². The summed E-state index contributed by atoms with van der Waals surface area (Å²) in [6.45, 7) is 5.30. The first-order chi connectivity index (χ1) is 8.24. The topological polar surface area (TPSA) is 34.2 Å². The van der Waals surface area contributed by atoms with Crippen LogP contribution in [0.3, 0.4) is 0 Å². The van der Waals surface area contributed by atoms with Crippen LogP contribution in [0, 0.1) is 5.92 Å². The Morgan fingerprint density at radius 3 is 2.88 bits per heavy atom. The largest absolute Gasteiger partial charge is 0.495 e. The molecule has 17 heavy (non-hydrogen) atoms. The molecule has 1 aromatic rings. The summed E-state index contributed by atoms with van der Waals surface area (Å²) in [5, 5.41) is 3.50. The molecule has 0 bridgehead atoms. The predicted molar refractivity (Wildman–Crippen MR) is 74.8 cm³/mol. The van der Waals surface area contributed by atoms with Crippen molar-refractivity contribution >= 4 is 11.8 Å². The molecule has 3 nitrogen and oxygen atoms in total. The van der Waals surface area contributed by atoms with Crippen molar-refractivity contribution in [2.75, 3.05) is 25.7 Å². The minimum Gasteiger partial charge on any atom is -0.495 e. The van der Waals surface area contributed by atoms with Gasteiger partial charge in [0.05, 0.1) is 18.8 Å². The van der Waals surface area contributed by atoms with Crippen LogP contribution in [0.1, 0.15) is 25.6 Å². The fourth-order valence-corrected chi connectivity index (χ4v) is 2.67. The first kappa shape index (κ1) is 14.3. The van der Waals surface area contributed by atoms with Gasteiger partial charge in [-0.1, -0.05) is 13.8 Å². The summed E-state index contributed by atoms with van der Waals surface area (Å²) < 4.78 is 5.39. The van der Waals surface area contributed by atoms with Crippen LogP contribution < -0.4 is 10.1 Å². The van der Waals surface area contributed by atoms with Gasteiger partial charge in [-0.05, 0) is 36.6 Å². The fourth-order valence-electron chi connectivity index (χ4n) is 1.96. The third-order valence-corrected chi connectivity index (χ3v) is 3.60. The highest BCUT2D eigenvalue weighted by molar-refractivity contribution is 7.98. The second-order valence-corrected chi connectivity index (χ2v) is 4.97. The molecule has 0 aliphatic heterocycles. The van der Waals surface area contributed by atoms with Gasteiger partial charge in [0.1, 0.15) is 5.75 Å². The Morgan fingerprint density at radius 2 is 2.29 bits per heavy atom. The van der Waals surface area contributed by atoms with E-state index in [2.05, 4.69) is 30.4 Å². The molecule has 0 radical (unpaired) electrons. The van der Waals surface area contributed by atoms with Gasteiger partial charge in [0.2, 0.25) is 0 Å². The molecule has 2 atom stereocenters. The number of hydrogen-bond donors (Lipinski definition) is 1. The van der Waals surface area contributed by atoms with Crippen molar-refractivity contribution in [3.05, 3.63) is 24.0 Å². The van der Waals surface area contributed by atoms with E-state index in [-0.39, 0.29) is 6.04 Å². The van der Waals surface area contributed by atoms with Crippen LogP contribution in [0.25, 0.3) is 0 Å². The number of nitrogens with one attached hydrogen (secondary N) is 1. The monoisotopic (exact) mass is 254 g/mol. The molecule has 0 spiro atoms. The van der Waals surface area contributed by atoms with E-state index in [1.165, 1.54) is 0 Å². The Hall–Kier alpha value is -0.740. The summed E-state index contributed by atoms with van der Waals surface area (Å²) in [5.74, 6) is 2.50. The Labute approximate surface area is 108 Å². The van der Waals surface area contributed by atoms with Crippen molar-refractivity contribution in [1.82, 2.24) is 10.3 Å². The molecule has 0 saturated carbocycles. The highest BCUT2D eigenvalue weighted by atomic mass is 32.2. The van der Waals surface area contributed by atoms with Gasteiger partial charge in [-0.15, -0.1) is 0 Å². The zero-order valence-corrected chi connectivity index (χ0v) is 11.9. The van der Waals surface area contributed by atoms with Crippen molar-refractivity contribution < 1.29 is 4.74 Å². The van der Waals surface area contributed by atoms with E-state index >= 15 is 0 Å². The first-order valence-corrected chi connectivity index (χ1v) is 7.35. The maximum absolute atomic E-state index is 5.39. The van der Waals surface area contributed by atoms with Crippen LogP contribution in [0.15, 0.2) is 18.3 Å². The molecule has 96 valence electrons. The van der Waals surface area contributed by atoms with Gasteiger partial charge in [-0.2, -0.15) is 11.8 Å². The van der Waals surface area contributed by atoms with Crippen molar-refractivity contribution in [1.29, 1.82) is 0 Å². The summed E-state index contributed by atoms with van der Waals surface area (Å²) in [7, 11) is 1.70. The Kier molecular flexibility index (Phi) is 6.37. The minimum absolute atomic E-state index is 0.253.